The molecule has 3 aliphatic rings. The van der Waals surface area contributed by atoms with E-state index in [1.807, 2.05) is 31.2 Å². The van der Waals surface area contributed by atoms with Crippen molar-refractivity contribution >= 4 is 55.5 Å². The zero-order valence-electron chi connectivity index (χ0n) is 18.7. The number of nitrogens with one attached hydrogen (secondary N) is 1. The van der Waals surface area contributed by atoms with Gasteiger partial charge in [0, 0.05) is 34.5 Å². The van der Waals surface area contributed by atoms with Crippen molar-refractivity contribution in [2.45, 2.75) is 31.8 Å². The van der Waals surface area contributed by atoms with Gasteiger partial charge >= 0.3 is 5.97 Å². The van der Waals surface area contributed by atoms with E-state index in [9.17, 15) is 9.59 Å². The molecule has 0 saturated carbocycles. The van der Waals surface area contributed by atoms with Crippen molar-refractivity contribution in [1.82, 2.24) is 14.5 Å². The van der Waals surface area contributed by atoms with Crippen molar-refractivity contribution in [1.29, 1.82) is 0 Å². The number of rotatable bonds is 1. The van der Waals surface area contributed by atoms with Gasteiger partial charge in [-0.25, -0.2) is 0 Å². The number of carbonyl (C=O) groups is 2. The van der Waals surface area contributed by atoms with Crippen LogP contribution < -0.4 is 5.32 Å². The molecule has 2 bridgehead atoms. The van der Waals surface area contributed by atoms with Crippen molar-refractivity contribution in [2.75, 3.05) is 7.11 Å². The molecule has 0 aliphatic carbocycles. The monoisotopic (exact) mass is 451 g/mol. The van der Waals surface area contributed by atoms with Crippen molar-refractivity contribution in [3.8, 4) is 0 Å². The Morgan fingerprint density at radius 2 is 1.76 bits per heavy atom. The van der Waals surface area contributed by atoms with Crippen molar-refractivity contribution in [3.63, 3.8) is 0 Å². The Morgan fingerprint density at radius 3 is 2.53 bits per heavy atom. The Bertz CT molecular complexity index is 1780. The van der Waals surface area contributed by atoms with Crippen LogP contribution >= 0.6 is 0 Å². The molecular weight excluding hydrogens is 430 g/mol. The lowest BCUT2D eigenvalue weighted by Crippen LogP contribution is -2.40. The number of esters is 1. The van der Waals surface area contributed by atoms with E-state index in [0.29, 0.717) is 13.0 Å². The molecule has 1 saturated heterocycles. The lowest BCUT2D eigenvalue weighted by Gasteiger charge is -2.32. The molecule has 0 radical (unpaired) electrons. The molecule has 3 aliphatic heterocycles. The van der Waals surface area contributed by atoms with E-state index in [1.54, 1.807) is 0 Å². The number of hydrogen-bond acceptors (Lipinski definition) is 4. The van der Waals surface area contributed by atoms with Gasteiger partial charge in [-0.05, 0) is 24.6 Å². The van der Waals surface area contributed by atoms with Crippen molar-refractivity contribution in [2.24, 2.45) is 5.92 Å². The second kappa shape index (κ2) is 5.80. The molecule has 3 atom stereocenters. The minimum atomic E-state index is -0.934. The number of carbonyl (C=O) groups excluding carboxylic acids is 2. The number of para-hydroxylation sites is 2. The van der Waals surface area contributed by atoms with Gasteiger partial charge in [0.05, 0.1) is 34.7 Å². The summed E-state index contributed by atoms with van der Waals surface area (Å²) in [4.78, 5) is 26.3. The number of methoxy groups -OCH3 is 1. The van der Waals surface area contributed by atoms with Crippen LogP contribution in [0.4, 0.5) is 0 Å². The van der Waals surface area contributed by atoms with Gasteiger partial charge in [0.25, 0.3) is 5.91 Å². The normalized spacial score (nSPS) is 24.9. The van der Waals surface area contributed by atoms with E-state index < -0.39 is 11.6 Å². The highest BCUT2D eigenvalue weighted by molar-refractivity contribution is 6.31. The highest BCUT2D eigenvalue weighted by atomic mass is 16.6. The highest BCUT2D eigenvalue weighted by Crippen LogP contribution is 2.56. The molecule has 34 heavy (non-hydrogen) atoms. The maximum absolute atomic E-state index is 13.2. The average molecular weight is 451 g/mol. The molecule has 5 aromatic rings. The molecule has 1 N–H and O–H groups in total. The van der Waals surface area contributed by atoms with E-state index in [1.165, 1.54) is 7.11 Å². The third kappa shape index (κ3) is 1.84. The summed E-state index contributed by atoms with van der Waals surface area (Å²) in [5.74, 6) is -0.783. The molecule has 1 fully saturated rings. The summed E-state index contributed by atoms with van der Waals surface area (Å²) in [6.45, 7) is 2.48. The number of benzene rings is 3. The molecule has 5 heterocycles. The van der Waals surface area contributed by atoms with E-state index in [-0.39, 0.29) is 18.1 Å². The molecule has 8 rings (SSSR count). The third-order valence-electron chi connectivity index (χ3n) is 8.19. The highest BCUT2D eigenvalue weighted by Gasteiger charge is 2.55. The number of fused-ring (bicyclic) bond motifs is 13. The van der Waals surface area contributed by atoms with Crippen LogP contribution in [0.5, 0.6) is 0 Å². The van der Waals surface area contributed by atoms with Gasteiger partial charge in [0.15, 0.2) is 5.72 Å². The van der Waals surface area contributed by atoms with Gasteiger partial charge in [0.1, 0.15) is 12.1 Å². The minimum absolute atomic E-state index is 0.0365. The van der Waals surface area contributed by atoms with Gasteiger partial charge in [-0.15, -0.1) is 0 Å². The van der Waals surface area contributed by atoms with Crippen LogP contribution in [0.1, 0.15) is 35.5 Å². The van der Waals surface area contributed by atoms with Gasteiger partial charge < -0.3 is 23.9 Å². The molecule has 3 aromatic carbocycles. The van der Waals surface area contributed by atoms with E-state index >= 15 is 0 Å². The summed E-state index contributed by atoms with van der Waals surface area (Å²) in [6.07, 6.45) is 0.133. The number of nitrogens with zero attached hydrogens (tertiary/aromatic N) is 2. The maximum atomic E-state index is 13.2. The van der Waals surface area contributed by atoms with Gasteiger partial charge in [-0.1, -0.05) is 36.4 Å². The fourth-order valence-corrected chi connectivity index (χ4v) is 6.89. The maximum Gasteiger partial charge on any atom is 0.313 e. The molecule has 168 valence electrons. The van der Waals surface area contributed by atoms with Gasteiger partial charge in [-0.2, -0.15) is 0 Å². The van der Waals surface area contributed by atoms with Crippen LogP contribution in [0, 0.1) is 5.92 Å². The van der Waals surface area contributed by atoms with Crippen LogP contribution in [0.15, 0.2) is 48.5 Å². The number of amides is 1. The Hall–Kier alpha value is -3.84. The number of aromatic nitrogens is 2. The Morgan fingerprint density at radius 1 is 1.06 bits per heavy atom. The Labute approximate surface area is 193 Å². The quantitative estimate of drug-likeness (QED) is 0.380. The lowest BCUT2D eigenvalue weighted by molar-refractivity contribution is -0.161. The molecule has 0 spiro atoms. The van der Waals surface area contributed by atoms with Crippen LogP contribution in [-0.2, 0) is 26.5 Å². The van der Waals surface area contributed by atoms with E-state index in [0.717, 1.165) is 54.7 Å². The fourth-order valence-electron chi connectivity index (χ4n) is 6.89. The predicted molar refractivity (Wildman–Crippen MR) is 128 cm³/mol. The number of ether oxygens (including phenoxy) is 2. The largest absolute Gasteiger partial charge is 0.469 e. The smallest absolute Gasteiger partial charge is 0.313 e. The summed E-state index contributed by atoms with van der Waals surface area (Å²) in [7, 11) is 1.44. The molecule has 7 heteroatoms. The topological polar surface area (TPSA) is 74.5 Å². The second-order valence-electron chi connectivity index (χ2n) is 9.66. The molecule has 2 aromatic heterocycles. The Kier molecular flexibility index (Phi) is 3.17. The zero-order valence-corrected chi connectivity index (χ0v) is 18.7. The SMILES string of the molecule is COC(=O)[C@H]1C[C@H]2O[C@]1(C)n1c3ccccc3c3c4c(c5c6ccccc6n2c5c31)C(=O)NC4. The average Bonchev–Trinajstić information content (AvgIpc) is 3.56. The lowest BCUT2D eigenvalue weighted by atomic mass is 9.93. The first kappa shape index (κ1) is 18.6. The standard InChI is InChI=1S/C27H21N3O4/c1-27-16(26(32)33-2)11-19(34-27)29-17-9-5-3-7-13(17)21-22-15(12-28-25(22)31)20-14-8-4-6-10-18(14)30(27)24(20)23(21)29/h3-10,16,19H,11-12H2,1-2H3,(H,28,31)/t16-,19-,27+/m1/s1. The molecule has 1 amide bonds. The second-order valence-corrected chi connectivity index (χ2v) is 9.66. The third-order valence-corrected chi connectivity index (χ3v) is 8.19. The first-order chi connectivity index (χ1) is 16.5. The van der Waals surface area contributed by atoms with Crippen molar-refractivity contribution < 1.29 is 19.1 Å². The van der Waals surface area contributed by atoms with Crippen molar-refractivity contribution in [3.05, 3.63) is 59.7 Å². The van der Waals surface area contributed by atoms with Crippen LogP contribution in [0.25, 0.3) is 43.6 Å². The molecular formula is C27H21N3O4. The summed E-state index contributed by atoms with van der Waals surface area (Å²) in [5, 5.41) is 7.18. The van der Waals surface area contributed by atoms with Gasteiger partial charge in [-0.3, -0.25) is 9.59 Å². The summed E-state index contributed by atoms with van der Waals surface area (Å²) < 4.78 is 16.5. The van der Waals surface area contributed by atoms with Crippen LogP contribution in [-0.4, -0.2) is 28.1 Å². The Balaban J connectivity index is 1.72. The minimum Gasteiger partial charge on any atom is -0.469 e. The van der Waals surface area contributed by atoms with Gasteiger partial charge in [0.2, 0.25) is 0 Å². The zero-order chi connectivity index (χ0) is 22.9. The fraction of sp³-hybridized carbons (Fsp3) is 0.259. The summed E-state index contributed by atoms with van der Waals surface area (Å²) in [5.41, 5.74) is 4.85. The van der Waals surface area contributed by atoms with E-state index in [4.69, 9.17) is 9.47 Å². The summed E-state index contributed by atoms with van der Waals surface area (Å²) in [6, 6.07) is 16.4. The van der Waals surface area contributed by atoms with E-state index in [2.05, 4.69) is 38.7 Å². The first-order valence-electron chi connectivity index (χ1n) is 11.6. The molecule has 0 unspecified atom stereocenters. The van der Waals surface area contributed by atoms with Crippen LogP contribution in [0.2, 0.25) is 0 Å². The predicted octanol–water partition coefficient (Wildman–Crippen LogP) is 4.54. The summed E-state index contributed by atoms with van der Waals surface area (Å²) >= 11 is 0. The number of hydrogen-bond donors (Lipinski definition) is 1. The first-order valence-corrected chi connectivity index (χ1v) is 11.6. The molecule has 7 nitrogen and oxygen atoms in total. The van der Waals surface area contributed by atoms with Crippen LogP contribution in [0.3, 0.4) is 0 Å².